The highest BCUT2D eigenvalue weighted by Crippen LogP contribution is 2.41. The fraction of sp³-hybridized carbons (Fsp3) is 0.706. The average molecular weight is 379 g/mol. The van der Waals surface area contributed by atoms with Crippen LogP contribution in [0.15, 0.2) is 9.42 Å². The van der Waals surface area contributed by atoms with Crippen molar-refractivity contribution in [3.05, 3.63) is 23.1 Å². The van der Waals surface area contributed by atoms with Crippen LogP contribution in [-0.2, 0) is 16.6 Å². The molecule has 0 saturated heterocycles. The third-order valence-electron chi connectivity index (χ3n) is 5.07. The summed E-state index contributed by atoms with van der Waals surface area (Å²) in [5.74, 6) is 2.74. The molecule has 142 valence electrons. The first-order chi connectivity index (χ1) is 12.3. The molecular weight excluding hydrogens is 354 g/mol. The van der Waals surface area contributed by atoms with Crippen molar-refractivity contribution in [2.75, 3.05) is 6.54 Å². The molecule has 4 rings (SSSR count). The number of hydrogen-bond donors (Lipinski definition) is 0. The van der Waals surface area contributed by atoms with Gasteiger partial charge in [-0.05, 0) is 39.0 Å². The fourth-order valence-electron chi connectivity index (χ4n) is 3.69. The lowest BCUT2D eigenvalue weighted by molar-refractivity contribution is 0.221. The van der Waals surface area contributed by atoms with Crippen LogP contribution in [-0.4, -0.2) is 39.2 Å². The molecule has 1 aliphatic carbocycles. The number of aromatic nitrogens is 4. The molecule has 1 atom stereocenters. The topological polar surface area (TPSA) is 94.1 Å². The van der Waals surface area contributed by atoms with E-state index >= 15 is 0 Å². The van der Waals surface area contributed by atoms with E-state index in [1.54, 1.807) is 18.2 Å². The number of fused-ring (bicyclic) bond motifs is 1. The standard InChI is InChI=1S/C17H25N5O3S/c1-10(2)9-14-17-18-16(13-5-6-13)19-21(17)7-8-22(14)26(23,24)15-11(3)20-25-12(15)4/h10,13-14H,5-9H2,1-4H3/t14-/m0/s1. The van der Waals surface area contributed by atoms with Crippen molar-refractivity contribution in [3.8, 4) is 0 Å². The molecule has 0 bridgehead atoms. The Kier molecular flexibility index (Phi) is 4.18. The van der Waals surface area contributed by atoms with Gasteiger partial charge >= 0.3 is 0 Å². The molecule has 2 aromatic rings. The highest BCUT2D eigenvalue weighted by Gasteiger charge is 2.42. The zero-order valence-corrected chi connectivity index (χ0v) is 16.5. The van der Waals surface area contributed by atoms with Crippen LogP contribution in [0.25, 0.3) is 0 Å². The Morgan fingerprint density at radius 3 is 2.54 bits per heavy atom. The summed E-state index contributed by atoms with van der Waals surface area (Å²) >= 11 is 0. The number of rotatable bonds is 5. The summed E-state index contributed by atoms with van der Waals surface area (Å²) in [6.07, 6.45) is 2.95. The smallest absolute Gasteiger partial charge is 0.249 e. The molecule has 0 aromatic carbocycles. The highest BCUT2D eigenvalue weighted by molar-refractivity contribution is 7.89. The van der Waals surface area contributed by atoms with Gasteiger partial charge in [0.05, 0.1) is 12.6 Å². The minimum atomic E-state index is -3.72. The van der Waals surface area contributed by atoms with Gasteiger partial charge in [-0.25, -0.2) is 18.1 Å². The maximum atomic E-state index is 13.4. The lowest BCUT2D eigenvalue weighted by Crippen LogP contribution is -2.43. The molecule has 2 aliphatic rings. The molecule has 0 spiro atoms. The molecule has 0 unspecified atom stereocenters. The molecule has 9 heteroatoms. The van der Waals surface area contributed by atoms with Gasteiger partial charge in [0, 0.05) is 12.5 Å². The van der Waals surface area contributed by atoms with Crippen molar-refractivity contribution in [2.45, 2.75) is 70.4 Å². The molecule has 2 aromatic heterocycles. The van der Waals surface area contributed by atoms with Gasteiger partial charge in [0.2, 0.25) is 10.0 Å². The summed E-state index contributed by atoms with van der Waals surface area (Å²) in [6, 6.07) is -0.317. The fourth-order valence-corrected chi connectivity index (χ4v) is 5.58. The SMILES string of the molecule is Cc1noc(C)c1S(=O)(=O)N1CCn2nc(C3CC3)nc2[C@@H]1CC(C)C. The summed E-state index contributed by atoms with van der Waals surface area (Å²) in [4.78, 5) is 4.93. The zero-order valence-electron chi connectivity index (χ0n) is 15.6. The second-order valence-corrected chi connectivity index (χ2v) is 9.57. The van der Waals surface area contributed by atoms with E-state index in [2.05, 4.69) is 24.1 Å². The van der Waals surface area contributed by atoms with E-state index in [1.807, 2.05) is 4.68 Å². The Hall–Kier alpha value is -1.74. The Morgan fingerprint density at radius 1 is 1.23 bits per heavy atom. The Balaban J connectivity index is 1.77. The van der Waals surface area contributed by atoms with Crippen LogP contribution in [0.1, 0.15) is 68.2 Å². The third-order valence-corrected chi connectivity index (χ3v) is 7.22. The quantitative estimate of drug-likeness (QED) is 0.792. The normalized spacial score (nSPS) is 21.3. The van der Waals surface area contributed by atoms with Crippen LogP contribution in [0.4, 0.5) is 0 Å². The van der Waals surface area contributed by atoms with Gasteiger partial charge in [-0.2, -0.15) is 9.40 Å². The molecule has 3 heterocycles. The van der Waals surface area contributed by atoms with Crippen molar-refractivity contribution < 1.29 is 12.9 Å². The van der Waals surface area contributed by atoms with Crippen LogP contribution < -0.4 is 0 Å². The summed E-state index contributed by atoms with van der Waals surface area (Å²) in [5, 5.41) is 8.47. The third kappa shape index (κ3) is 2.87. The van der Waals surface area contributed by atoms with E-state index in [1.165, 1.54) is 0 Å². The monoisotopic (exact) mass is 379 g/mol. The summed E-state index contributed by atoms with van der Waals surface area (Å²) < 4.78 is 35.4. The molecular formula is C17H25N5O3S. The van der Waals surface area contributed by atoms with Gasteiger partial charge in [-0.3, -0.25) is 0 Å². The second-order valence-electron chi connectivity index (χ2n) is 7.74. The summed E-state index contributed by atoms with van der Waals surface area (Å²) in [7, 11) is -3.72. The molecule has 1 saturated carbocycles. The van der Waals surface area contributed by atoms with Crippen molar-refractivity contribution in [1.82, 2.24) is 24.2 Å². The summed E-state index contributed by atoms with van der Waals surface area (Å²) in [5.41, 5.74) is 0.400. The predicted molar refractivity (Wildman–Crippen MR) is 94.1 cm³/mol. The van der Waals surface area contributed by atoms with E-state index < -0.39 is 10.0 Å². The lowest BCUT2D eigenvalue weighted by Gasteiger charge is -2.34. The first-order valence-corrected chi connectivity index (χ1v) is 10.6. The van der Waals surface area contributed by atoms with Gasteiger partial charge in [0.25, 0.3) is 0 Å². The lowest BCUT2D eigenvalue weighted by atomic mass is 10.0. The maximum Gasteiger partial charge on any atom is 0.249 e. The molecule has 0 amide bonds. The van der Waals surface area contributed by atoms with E-state index in [9.17, 15) is 8.42 Å². The Morgan fingerprint density at radius 2 is 1.96 bits per heavy atom. The van der Waals surface area contributed by atoms with Crippen molar-refractivity contribution in [2.24, 2.45) is 5.92 Å². The Bertz CT molecular complexity index is 907. The molecule has 1 fully saturated rings. The Labute approximate surface area is 153 Å². The summed E-state index contributed by atoms with van der Waals surface area (Å²) in [6.45, 7) is 8.40. The van der Waals surface area contributed by atoms with Crippen LogP contribution in [0.5, 0.6) is 0 Å². The maximum absolute atomic E-state index is 13.4. The van der Waals surface area contributed by atoms with E-state index in [-0.39, 0.29) is 10.9 Å². The van der Waals surface area contributed by atoms with E-state index in [0.29, 0.717) is 42.8 Å². The van der Waals surface area contributed by atoms with Crippen LogP contribution in [0, 0.1) is 19.8 Å². The molecule has 0 N–H and O–H groups in total. The molecule has 26 heavy (non-hydrogen) atoms. The van der Waals surface area contributed by atoms with E-state index in [0.717, 1.165) is 24.5 Å². The van der Waals surface area contributed by atoms with Crippen LogP contribution in [0.2, 0.25) is 0 Å². The first kappa shape index (κ1) is 17.7. The number of nitrogens with zero attached hydrogens (tertiary/aromatic N) is 5. The average Bonchev–Trinajstić information content (AvgIpc) is 3.22. The zero-order chi connectivity index (χ0) is 18.6. The minimum Gasteiger partial charge on any atom is -0.360 e. The first-order valence-electron chi connectivity index (χ1n) is 9.18. The highest BCUT2D eigenvalue weighted by atomic mass is 32.2. The van der Waals surface area contributed by atoms with Crippen molar-refractivity contribution in [1.29, 1.82) is 0 Å². The van der Waals surface area contributed by atoms with Crippen molar-refractivity contribution in [3.63, 3.8) is 0 Å². The largest absolute Gasteiger partial charge is 0.360 e. The predicted octanol–water partition coefficient (Wildman–Crippen LogP) is 2.55. The molecule has 1 aliphatic heterocycles. The van der Waals surface area contributed by atoms with Crippen LogP contribution >= 0.6 is 0 Å². The number of aryl methyl sites for hydroxylation is 2. The number of sulfonamides is 1. The van der Waals surface area contributed by atoms with Gasteiger partial charge < -0.3 is 4.52 Å². The number of hydrogen-bond acceptors (Lipinski definition) is 6. The van der Waals surface area contributed by atoms with Gasteiger partial charge in [0.1, 0.15) is 16.4 Å². The molecule has 0 radical (unpaired) electrons. The second kappa shape index (κ2) is 6.16. The minimum absolute atomic E-state index is 0.182. The molecule has 8 nitrogen and oxygen atoms in total. The van der Waals surface area contributed by atoms with E-state index in [4.69, 9.17) is 9.51 Å². The van der Waals surface area contributed by atoms with Crippen LogP contribution in [0.3, 0.4) is 0 Å². The van der Waals surface area contributed by atoms with Crippen molar-refractivity contribution >= 4 is 10.0 Å². The van der Waals surface area contributed by atoms with Gasteiger partial charge in [0.15, 0.2) is 11.6 Å². The van der Waals surface area contributed by atoms with Gasteiger partial charge in [-0.1, -0.05) is 19.0 Å². The van der Waals surface area contributed by atoms with Gasteiger partial charge in [-0.15, -0.1) is 0 Å².